The Morgan fingerprint density at radius 1 is 1.24 bits per heavy atom. The van der Waals surface area contributed by atoms with Crippen molar-refractivity contribution in [1.29, 1.82) is 0 Å². The maximum Gasteiger partial charge on any atom is 0.100 e. The van der Waals surface area contributed by atoms with Gasteiger partial charge in [0.15, 0.2) is 0 Å². The zero-order chi connectivity index (χ0) is 17.0. The molecule has 1 spiro atoms. The summed E-state index contributed by atoms with van der Waals surface area (Å²) in [7, 11) is 0. The van der Waals surface area contributed by atoms with E-state index in [1.807, 2.05) is 0 Å². The van der Waals surface area contributed by atoms with Gasteiger partial charge in [-0.1, -0.05) is 23.7 Å². The molecule has 1 aromatic carbocycles. The molecule has 5 unspecified atom stereocenters. The molecule has 0 N–H and O–H groups in total. The first kappa shape index (κ1) is 16.1. The topological polar surface area (TPSA) is 24.8 Å². The number of halogens is 1. The van der Waals surface area contributed by atoms with Crippen LogP contribution in [0, 0.1) is 11.8 Å². The van der Waals surface area contributed by atoms with E-state index in [1.165, 1.54) is 37.1 Å². The zero-order valence-corrected chi connectivity index (χ0v) is 15.7. The molecule has 2 aliphatic carbocycles. The second-order valence-corrected chi connectivity index (χ2v) is 8.87. The van der Waals surface area contributed by atoms with Crippen molar-refractivity contribution >= 4 is 17.4 Å². The molecule has 0 amide bonds. The van der Waals surface area contributed by atoms with Crippen molar-refractivity contribution in [1.82, 2.24) is 4.90 Å². The summed E-state index contributed by atoms with van der Waals surface area (Å²) >= 11 is 6.14. The Morgan fingerprint density at radius 2 is 2.08 bits per heavy atom. The highest BCUT2D eigenvalue weighted by Crippen LogP contribution is 2.63. The smallest absolute Gasteiger partial charge is 0.100 e. The molecule has 5 atom stereocenters. The van der Waals surface area contributed by atoms with Crippen LogP contribution in [-0.2, 0) is 4.74 Å². The van der Waals surface area contributed by atoms with Crippen LogP contribution < -0.4 is 0 Å². The molecule has 2 bridgehead atoms. The molecule has 3 fully saturated rings. The first-order valence-electron chi connectivity index (χ1n) is 9.86. The van der Waals surface area contributed by atoms with E-state index in [4.69, 9.17) is 21.3 Å². The number of aliphatic imine (C=N–C) groups is 1. The van der Waals surface area contributed by atoms with Gasteiger partial charge in [0.25, 0.3) is 0 Å². The van der Waals surface area contributed by atoms with E-state index < -0.39 is 0 Å². The van der Waals surface area contributed by atoms with E-state index in [2.05, 4.69) is 36.1 Å². The Labute approximate surface area is 155 Å². The fourth-order valence-corrected chi connectivity index (χ4v) is 6.30. The third-order valence-corrected chi connectivity index (χ3v) is 7.46. The highest BCUT2D eigenvalue weighted by atomic mass is 35.5. The molecule has 134 valence electrons. The number of amidine groups is 1. The minimum atomic E-state index is 0.143. The first-order valence-corrected chi connectivity index (χ1v) is 10.2. The Morgan fingerprint density at radius 3 is 2.88 bits per heavy atom. The molecule has 2 heterocycles. The van der Waals surface area contributed by atoms with Gasteiger partial charge >= 0.3 is 0 Å². The average molecular weight is 359 g/mol. The summed E-state index contributed by atoms with van der Waals surface area (Å²) < 4.78 is 5.63. The lowest BCUT2D eigenvalue weighted by molar-refractivity contribution is 0.0325. The Hall–Kier alpha value is -1.06. The molecule has 0 aromatic heterocycles. The van der Waals surface area contributed by atoms with Gasteiger partial charge in [-0.05, 0) is 62.1 Å². The van der Waals surface area contributed by atoms with Crippen LogP contribution >= 0.6 is 11.6 Å². The largest absolute Gasteiger partial charge is 0.377 e. The molecule has 1 saturated heterocycles. The van der Waals surface area contributed by atoms with Crippen LogP contribution in [-0.4, -0.2) is 42.1 Å². The third kappa shape index (κ3) is 2.46. The van der Waals surface area contributed by atoms with Gasteiger partial charge in [-0.25, -0.2) is 0 Å². The molecule has 2 aliphatic heterocycles. The molecule has 0 radical (unpaired) electrons. The molecule has 3 nitrogen and oxygen atoms in total. The molecular weight excluding hydrogens is 332 g/mol. The summed E-state index contributed by atoms with van der Waals surface area (Å²) in [4.78, 5) is 8.03. The first-order chi connectivity index (χ1) is 12.2. The van der Waals surface area contributed by atoms with E-state index in [0.29, 0.717) is 12.0 Å². The van der Waals surface area contributed by atoms with E-state index in [1.54, 1.807) is 0 Å². The van der Waals surface area contributed by atoms with Crippen molar-refractivity contribution in [2.24, 2.45) is 16.8 Å². The molecule has 2 saturated carbocycles. The van der Waals surface area contributed by atoms with Gasteiger partial charge in [-0.15, -0.1) is 0 Å². The highest BCUT2D eigenvalue weighted by molar-refractivity contribution is 6.30. The van der Waals surface area contributed by atoms with Crippen LogP contribution in [0.2, 0.25) is 5.02 Å². The fraction of sp³-hybridized carbons (Fsp3) is 0.667. The average Bonchev–Trinajstić information content (AvgIpc) is 3.32. The number of nitrogens with zero attached hydrogens (tertiary/aromatic N) is 2. The number of fused-ring (bicyclic) bond motifs is 3. The van der Waals surface area contributed by atoms with Gasteiger partial charge in [-0.3, -0.25) is 4.99 Å². The lowest BCUT2D eigenvalue weighted by Crippen LogP contribution is -2.46. The van der Waals surface area contributed by atoms with Crippen LogP contribution in [0.25, 0.3) is 0 Å². The van der Waals surface area contributed by atoms with Gasteiger partial charge in [-0.2, -0.15) is 0 Å². The van der Waals surface area contributed by atoms with Crippen molar-refractivity contribution < 1.29 is 4.74 Å². The minimum absolute atomic E-state index is 0.143. The minimum Gasteiger partial charge on any atom is -0.377 e. The normalized spacial score (nSPS) is 40.1. The van der Waals surface area contributed by atoms with Crippen LogP contribution in [0.3, 0.4) is 0 Å². The number of ether oxygens (including phenoxy) is 1. The number of hydrogen-bond acceptors (Lipinski definition) is 3. The number of morpholine rings is 1. The van der Waals surface area contributed by atoms with Gasteiger partial charge in [0.2, 0.25) is 0 Å². The van der Waals surface area contributed by atoms with Crippen molar-refractivity contribution in [2.45, 2.75) is 56.5 Å². The number of benzene rings is 1. The quantitative estimate of drug-likeness (QED) is 0.738. The second-order valence-electron chi connectivity index (χ2n) is 8.44. The Balaban J connectivity index is 1.51. The van der Waals surface area contributed by atoms with Crippen LogP contribution in [0.1, 0.15) is 50.5 Å². The molecule has 4 heteroatoms. The second kappa shape index (κ2) is 5.99. The Kier molecular flexibility index (Phi) is 3.87. The van der Waals surface area contributed by atoms with Gasteiger partial charge in [0, 0.05) is 23.9 Å². The summed E-state index contributed by atoms with van der Waals surface area (Å²) in [5.41, 5.74) is 1.60. The molecule has 5 rings (SSSR count). The summed E-state index contributed by atoms with van der Waals surface area (Å²) in [6.07, 6.45) is 6.46. The maximum absolute atomic E-state index is 6.14. The lowest BCUT2D eigenvalue weighted by atomic mass is 9.69. The van der Waals surface area contributed by atoms with E-state index in [0.717, 1.165) is 43.0 Å². The SMILES string of the molecule is CC1COCCN1C1=NC2(CC1)C1CCC(C1)C2c1ccc(Cl)cc1. The number of rotatable bonds is 1. The van der Waals surface area contributed by atoms with Crippen molar-refractivity contribution in [3.8, 4) is 0 Å². The van der Waals surface area contributed by atoms with Gasteiger partial charge in [0.05, 0.1) is 24.8 Å². The van der Waals surface area contributed by atoms with Crippen LogP contribution in [0.15, 0.2) is 29.3 Å². The van der Waals surface area contributed by atoms with Gasteiger partial charge in [0.1, 0.15) is 5.84 Å². The molecule has 4 aliphatic rings. The van der Waals surface area contributed by atoms with Crippen molar-refractivity contribution in [2.75, 3.05) is 19.8 Å². The third-order valence-electron chi connectivity index (χ3n) is 7.20. The Bertz CT molecular complexity index is 688. The highest BCUT2D eigenvalue weighted by Gasteiger charge is 2.60. The fourth-order valence-electron chi connectivity index (χ4n) is 6.17. The summed E-state index contributed by atoms with van der Waals surface area (Å²) in [6.45, 7) is 4.93. The van der Waals surface area contributed by atoms with Crippen molar-refractivity contribution in [3.05, 3.63) is 34.9 Å². The summed E-state index contributed by atoms with van der Waals surface area (Å²) in [6, 6.07) is 9.07. The molecular formula is C21H27ClN2O. The summed E-state index contributed by atoms with van der Waals surface area (Å²) in [5, 5.41) is 0.832. The maximum atomic E-state index is 6.14. The molecule has 1 aromatic rings. The van der Waals surface area contributed by atoms with E-state index in [9.17, 15) is 0 Å². The van der Waals surface area contributed by atoms with Gasteiger partial charge < -0.3 is 9.64 Å². The standard InChI is InChI=1S/C21H27ClN2O/c1-14-13-25-11-10-24(14)19-8-9-21(23-19)17-5-2-16(12-17)20(21)15-3-6-18(22)7-4-15/h3-4,6-7,14,16-17,20H,2,5,8-13H2,1H3. The lowest BCUT2D eigenvalue weighted by Gasteiger charge is -2.39. The number of hydrogen-bond donors (Lipinski definition) is 0. The predicted molar refractivity (Wildman–Crippen MR) is 101 cm³/mol. The van der Waals surface area contributed by atoms with E-state index >= 15 is 0 Å². The predicted octanol–water partition coefficient (Wildman–Crippen LogP) is 4.51. The van der Waals surface area contributed by atoms with E-state index in [-0.39, 0.29) is 5.54 Å². The van der Waals surface area contributed by atoms with Crippen LogP contribution in [0.4, 0.5) is 0 Å². The molecule has 25 heavy (non-hydrogen) atoms. The summed E-state index contributed by atoms with van der Waals surface area (Å²) in [5.74, 6) is 3.50. The zero-order valence-electron chi connectivity index (χ0n) is 15.0. The monoisotopic (exact) mass is 358 g/mol. The van der Waals surface area contributed by atoms with Crippen LogP contribution in [0.5, 0.6) is 0 Å². The van der Waals surface area contributed by atoms with Crippen molar-refractivity contribution in [3.63, 3.8) is 0 Å².